The molecule has 1 N–H and O–H groups in total. The number of rotatable bonds is 7. The molecule has 164 valence electrons. The molecule has 1 aromatic heterocycles. The largest absolute Gasteiger partial charge is 0.488 e. The molecule has 31 heavy (non-hydrogen) atoms. The second kappa shape index (κ2) is 9.57. The van der Waals surface area contributed by atoms with Crippen molar-refractivity contribution >= 4 is 51.5 Å². The highest BCUT2D eigenvalue weighted by Gasteiger charge is 2.34. The van der Waals surface area contributed by atoms with Crippen molar-refractivity contribution in [2.75, 3.05) is 7.11 Å². The highest BCUT2D eigenvalue weighted by atomic mass is 79.9. The van der Waals surface area contributed by atoms with Crippen LogP contribution < -0.4 is 10.1 Å². The summed E-state index contributed by atoms with van der Waals surface area (Å²) in [6.07, 6.45) is 2.33. The fraction of sp³-hybridized carbons (Fsp3) is 0.286. The van der Waals surface area contributed by atoms with Crippen molar-refractivity contribution in [3.63, 3.8) is 0 Å². The SMILES string of the molecule is CC[C@@H](C)Oc1c(Cl)cc(/C=C2\NC(=O)N(Cc3ccc(C(=O)OC)o3)C2=O)cc1Br. The maximum Gasteiger partial charge on any atom is 0.373 e. The van der Waals surface area contributed by atoms with Crippen LogP contribution in [0.5, 0.6) is 5.75 Å². The molecule has 2 aromatic rings. The van der Waals surface area contributed by atoms with Crippen LogP contribution in [0.2, 0.25) is 5.02 Å². The second-order valence-corrected chi connectivity index (χ2v) is 8.05. The highest BCUT2D eigenvalue weighted by molar-refractivity contribution is 9.10. The third kappa shape index (κ3) is 5.11. The first kappa shape index (κ1) is 22.9. The van der Waals surface area contributed by atoms with Crippen LogP contribution in [0.25, 0.3) is 6.08 Å². The minimum Gasteiger partial charge on any atom is -0.488 e. The first-order valence-corrected chi connectivity index (χ1v) is 10.6. The predicted octanol–water partition coefficient (Wildman–Crippen LogP) is 4.75. The van der Waals surface area contributed by atoms with Gasteiger partial charge in [0.1, 0.15) is 11.5 Å². The van der Waals surface area contributed by atoms with E-state index in [9.17, 15) is 14.4 Å². The molecule has 1 aliphatic heterocycles. The summed E-state index contributed by atoms with van der Waals surface area (Å²) < 4.78 is 16.3. The van der Waals surface area contributed by atoms with E-state index in [0.717, 1.165) is 11.3 Å². The molecular formula is C21H20BrClN2O6. The van der Waals surface area contributed by atoms with Gasteiger partial charge in [0.05, 0.1) is 29.3 Å². The van der Waals surface area contributed by atoms with Crippen molar-refractivity contribution in [2.24, 2.45) is 0 Å². The third-order valence-corrected chi connectivity index (χ3v) is 5.42. The van der Waals surface area contributed by atoms with Crippen LogP contribution in [0.1, 0.15) is 42.1 Å². The van der Waals surface area contributed by atoms with Crippen LogP contribution in [0, 0.1) is 0 Å². The molecule has 1 aliphatic rings. The number of methoxy groups -OCH3 is 1. The van der Waals surface area contributed by atoms with Crippen molar-refractivity contribution in [3.8, 4) is 5.75 Å². The molecule has 8 nitrogen and oxygen atoms in total. The van der Waals surface area contributed by atoms with Gasteiger partial charge in [0.25, 0.3) is 5.91 Å². The van der Waals surface area contributed by atoms with Gasteiger partial charge in [-0.05, 0) is 65.2 Å². The summed E-state index contributed by atoms with van der Waals surface area (Å²) in [5, 5.41) is 2.91. The normalized spacial score (nSPS) is 15.9. The second-order valence-electron chi connectivity index (χ2n) is 6.79. The minimum absolute atomic E-state index is 0.0106. The lowest BCUT2D eigenvalue weighted by Gasteiger charge is -2.16. The summed E-state index contributed by atoms with van der Waals surface area (Å²) in [5.41, 5.74) is 0.688. The van der Waals surface area contributed by atoms with E-state index in [1.165, 1.54) is 25.3 Å². The summed E-state index contributed by atoms with van der Waals surface area (Å²) in [7, 11) is 1.23. The van der Waals surface area contributed by atoms with Gasteiger partial charge in [-0.25, -0.2) is 9.59 Å². The smallest absolute Gasteiger partial charge is 0.373 e. The van der Waals surface area contributed by atoms with E-state index >= 15 is 0 Å². The highest BCUT2D eigenvalue weighted by Crippen LogP contribution is 2.36. The predicted molar refractivity (Wildman–Crippen MR) is 117 cm³/mol. The summed E-state index contributed by atoms with van der Waals surface area (Å²) >= 11 is 9.78. The van der Waals surface area contributed by atoms with Crippen LogP contribution in [0.4, 0.5) is 4.79 Å². The van der Waals surface area contributed by atoms with Crippen LogP contribution in [0.3, 0.4) is 0 Å². The fourth-order valence-corrected chi connectivity index (χ4v) is 3.73. The Kier molecular flexibility index (Phi) is 7.07. The fourth-order valence-electron chi connectivity index (χ4n) is 2.77. The van der Waals surface area contributed by atoms with E-state index in [4.69, 9.17) is 20.8 Å². The Bertz CT molecular complexity index is 1040. The molecule has 1 fully saturated rings. The van der Waals surface area contributed by atoms with E-state index in [-0.39, 0.29) is 29.9 Å². The molecular weight excluding hydrogens is 492 g/mol. The average molecular weight is 512 g/mol. The molecule has 3 amide bonds. The number of hydrogen-bond acceptors (Lipinski definition) is 6. The summed E-state index contributed by atoms with van der Waals surface area (Å²) in [6.45, 7) is 3.81. The maximum absolute atomic E-state index is 12.7. The van der Waals surface area contributed by atoms with Gasteiger partial charge in [-0.3, -0.25) is 9.69 Å². The maximum atomic E-state index is 12.7. The molecule has 1 atom stereocenters. The average Bonchev–Trinajstić information content (AvgIpc) is 3.30. The summed E-state index contributed by atoms with van der Waals surface area (Å²) in [5.74, 6) is -0.414. The Labute approximate surface area is 192 Å². The van der Waals surface area contributed by atoms with Crippen molar-refractivity contribution in [1.82, 2.24) is 10.2 Å². The number of carbonyl (C=O) groups is 3. The molecule has 1 saturated heterocycles. The Morgan fingerprint density at radius 2 is 2.10 bits per heavy atom. The number of imide groups is 1. The molecule has 3 rings (SSSR count). The molecule has 0 aliphatic carbocycles. The molecule has 0 saturated carbocycles. The Morgan fingerprint density at radius 1 is 1.35 bits per heavy atom. The van der Waals surface area contributed by atoms with Crippen LogP contribution >= 0.6 is 27.5 Å². The van der Waals surface area contributed by atoms with Gasteiger partial charge in [-0.2, -0.15) is 0 Å². The molecule has 1 aromatic carbocycles. The molecule has 10 heteroatoms. The van der Waals surface area contributed by atoms with E-state index in [1.54, 1.807) is 12.1 Å². The zero-order valence-corrected chi connectivity index (χ0v) is 19.4. The van der Waals surface area contributed by atoms with Gasteiger partial charge in [0, 0.05) is 0 Å². The van der Waals surface area contributed by atoms with E-state index in [0.29, 0.717) is 20.8 Å². The van der Waals surface area contributed by atoms with Crippen molar-refractivity contribution in [1.29, 1.82) is 0 Å². The number of benzene rings is 1. The molecule has 0 spiro atoms. The number of urea groups is 1. The number of nitrogens with zero attached hydrogens (tertiary/aromatic N) is 1. The van der Waals surface area contributed by atoms with Crippen molar-refractivity contribution in [3.05, 3.63) is 56.5 Å². The van der Waals surface area contributed by atoms with Gasteiger partial charge in [0.15, 0.2) is 5.75 Å². The van der Waals surface area contributed by atoms with Crippen molar-refractivity contribution in [2.45, 2.75) is 32.9 Å². The van der Waals surface area contributed by atoms with Crippen LogP contribution in [-0.2, 0) is 16.1 Å². The number of carbonyl (C=O) groups excluding carboxylic acids is 3. The first-order chi connectivity index (χ1) is 14.7. The standard InChI is InChI=1S/C21H20BrClN2O6/c1-4-11(2)30-18-14(22)7-12(8-15(18)23)9-16-19(26)25(21(28)24-16)10-13-5-6-17(31-13)20(27)29-3/h5-9,11H,4,10H2,1-3H3,(H,24,28)/b16-9-/t11-/m1/s1. The third-order valence-electron chi connectivity index (χ3n) is 4.55. The number of furan rings is 1. The Hall–Kier alpha value is -2.78. The van der Waals surface area contributed by atoms with Gasteiger partial charge in [0.2, 0.25) is 5.76 Å². The van der Waals surface area contributed by atoms with Crippen LogP contribution in [-0.4, -0.2) is 36.0 Å². The summed E-state index contributed by atoms with van der Waals surface area (Å²) in [6, 6.07) is 5.71. The zero-order valence-electron chi connectivity index (χ0n) is 17.0. The molecule has 2 heterocycles. The molecule has 0 radical (unpaired) electrons. The first-order valence-electron chi connectivity index (χ1n) is 9.40. The molecule has 0 unspecified atom stereocenters. The lowest BCUT2D eigenvalue weighted by molar-refractivity contribution is -0.123. The van der Waals surface area contributed by atoms with Gasteiger partial charge >= 0.3 is 12.0 Å². The number of hydrogen-bond donors (Lipinski definition) is 1. The number of amides is 3. The minimum atomic E-state index is -0.646. The Morgan fingerprint density at radius 3 is 2.74 bits per heavy atom. The van der Waals surface area contributed by atoms with E-state index < -0.39 is 17.9 Å². The van der Waals surface area contributed by atoms with Gasteiger partial charge in [-0.15, -0.1) is 0 Å². The van der Waals surface area contributed by atoms with Gasteiger partial charge in [-0.1, -0.05) is 18.5 Å². The number of ether oxygens (including phenoxy) is 2. The monoisotopic (exact) mass is 510 g/mol. The Balaban J connectivity index is 1.78. The molecule has 0 bridgehead atoms. The zero-order chi connectivity index (χ0) is 22.7. The lowest BCUT2D eigenvalue weighted by atomic mass is 10.1. The number of esters is 1. The lowest BCUT2D eigenvalue weighted by Crippen LogP contribution is -2.30. The summed E-state index contributed by atoms with van der Waals surface area (Å²) in [4.78, 5) is 37.5. The topological polar surface area (TPSA) is 98.1 Å². The quantitative estimate of drug-likeness (QED) is 0.327. The number of nitrogens with one attached hydrogen (secondary N) is 1. The van der Waals surface area contributed by atoms with Crippen molar-refractivity contribution < 1.29 is 28.3 Å². The van der Waals surface area contributed by atoms with E-state index in [2.05, 4.69) is 26.0 Å². The van der Waals surface area contributed by atoms with E-state index in [1.807, 2.05) is 13.8 Å². The van der Waals surface area contributed by atoms with Gasteiger partial charge < -0.3 is 19.2 Å². The van der Waals surface area contributed by atoms with Crippen LogP contribution in [0.15, 0.2) is 38.9 Å². The number of halogens is 2.